The lowest BCUT2D eigenvalue weighted by atomic mass is 10.2. The Morgan fingerprint density at radius 2 is 2.20 bits per heavy atom. The zero-order valence-corrected chi connectivity index (χ0v) is 10.9. The molecule has 3 heterocycles. The van der Waals surface area contributed by atoms with E-state index in [2.05, 4.69) is 25.8 Å². The molecule has 0 bridgehead atoms. The number of hydrogen-bond acceptors (Lipinski definition) is 6. The third-order valence-electron chi connectivity index (χ3n) is 3.21. The zero-order chi connectivity index (χ0) is 13.8. The number of rotatable bonds is 3. The molecule has 1 N–H and O–H groups in total. The molecule has 8 nitrogen and oxygen atoms in total. The van der Waals surface area contributed by atoms with E-state index in [1.807, 2.05) is 17.0 Å². The molecule has 0 saturated carbocycles. The van der Waals surface area contributed by atoms with Crippen molar-refractivity contribution in [2.24, 2.45) is 0 Å². The van der Waals surface area contributed by atoms with Crippen molar-refractivity contribution in [3.63, 3.8) is 0 Å². The van der Waals surface area contributed by atoms with Crippen molar-refractivity contribution < 1.29 is 4.79 Å². The number of nitrogens with one attached hydrogen (secondary N) is 1. The molecular formula is C12H15N7O. The predicted octanol–water partition coefficient (Wildman–Crippen LogP) is -0.833. The van der Waals surface area contributed by atoms with E-state index in [1.54, 1.807) is 12.4 Å². The Labute approximate surface area is 115 Å². The summed E-state index contributed by atoms with van der Waals surface area (Å²) in [4.78, 5) is 18.1. The first kappa shape index (κ1) is 12.7. The van der Waals surface area contributed by atoms with Crippen LogP contribution in [-0.4, -0.2) is 62.2 Å². The number of piperazine rings is 1. The summed E-state index contributed by atoms with van der Waals surface area (Å²) in [7, 11) is 0. The number of nitrogens with zero attached hydrogens (tertiary/aromatic N) is 6. The van der Waals surface area contributed by atoms with Gasteiger partial charge in [0.05, 0.1) is 0 Å². The molecule has 3 rings (SSSR count). The number of pyridine rings is 1. The van der Waals surface area contributed by atoms with Crippen molar-refractivity contribution in [1.82, 2.24) is 35.4 Å². The van der Waals surface area contributed by atoms with Gasteiger partial charge >= 0.3 is 0 Å². The van der Waals surface area contributed by atoms with Crippen LogP contribution >= 0.6 is 0 Å². The summed E-state index contributed by atoms with van der Waals surface area (Å²) >= 11 is 0. The molecule has 0 unspecified atom stereocenters. The second-order valence-corrected chi connectivity index (χ2v) is 4.53. The lowest BCUT2D eigenvalue weighted by molar-refractivity contribution is -0.132. The van der Waals surface area contributed by atoms with Gasteiger partial charge in [-0.2, -0.15) is 0 Å². The van der Waals surface area contributed by atoms with Gasteiger partial charge in [0.1, 0.15) is 6.54 Å². The molecule has 20 heavy (non-hydrogen) atoms. The quantitative estimate of drug-likeness (QED) is 0.785. The minimum atomic E-state index is 0.0314. The van der Waals surface area contributed by atoms with Crippen LogP contribution in [0.5, 0.6) is 0 Å². The first-order valence-electron chi connectivity index (χ1n) is 6.49. The molecule has 2 aromatic heterocycles. The summed E-state index contributed by atoms with van der Waals surface area (Å²) in [6.45, 7) is 3.26. The molecule has 2 aromatic rings. The Bertz CT molecular complexity index is 577. The van der Waals surface area contributed by atoms with Crippen molar-refractivity contribution in [3.05, 3.63) is 24.5 Å². The number of tetrazole rings is 1. The summed E-state index contributed by atoms with van der Waals surface area (Å²) in [6.07, 6.45) is 3.36. The lowest BCUT2D eigenvalue weighted by Crippen LogP contribution is -2.47. The van der Waals surface area contributed by atoms with Gasteiger partial charge in [0, 0.05) is 44.1 Å². The van der Waals surface area contributed by atoms with E-state index in [9.17, 15) is 4.79 Å². The van der Waals surface area contributed by atoms with Gasteiger partial charge in [-0.05, 0) is 22.6 Å². The molecule has 0 atom stereocenters. The molecule has 1 aliphatic rings. The Morgan fingerprint density at radius 1 is 1.35 bits per heavy atom. The van der Waals surface area contributed by atoms with Crippen molar-refractivity contribution >= 4 is 5.91 Å². The second kappa shape index (κ2) is 5.74. The van der Waals surface area contributed by atoms with Crippen LogP contribution in [0, 0.1) is 0 Å². The van der Waals surface area contributed by atoms with Crippen molar-refractivity contribution in [2.45, 2.75) is 6.54 Å². The highest BCUT2D eigenvalue weighted by atomic mass is 16.2. The number of carbonyl (C=O) groups excluding carboxylic acids is 1. The maximum absolute atomic E-state index is 12.2. The van der Waals surface area contributed by atoms with Crippen LogP contribution in [0.1, 0.15) is 0 Å². The molecule has 104 valence electrons. The van der Waals surface area contributed by atoms with Gasteiger partial charge in [0.2, 0.25) is 5.91 Å². The van der Waals surface area contributed by atoms with Gasteiger partial charge in [-0.25, -0.2) is 4.68 Å². The van der Waals surface area contributed by atoms with E-state index in [-0.39, 0.29) is 12.5 Å². The van der Waals surface area contributed by atoms with Gasteiger partial charge in [0.25, 0.3) is 0 Å². The highest BCUT2D eigenvalue weighted by Gasteiger charge is 2.19. The molecule has 0 radical (unpaired) electrons. The highest BCUT2D eigenvalue weighted by molar-refractivity contribution is 5.76. The van der Waals surface area contributed by atoms with E-state index < -0.39 is 0 Å². The molecule has 1 fully saturated rings. The average molecular weight is 273 g/mol. The molecule has 0 aliphatic carbocycles. The first-order chi connectivity index (χ1) is 9.84. The Hall–Kier alpha value is -2.35. The van der Waals surface area contributed by atoms with Crippen LogP contribution in [0.25, 0.3) is 11.4 Å². The minimum absolute atomic E-state index is 0.0314. The van der Waals surface area contributed by atoms with Crippen molar-refractivity contribution in [2.75, 3.05) is 26.2 Å². The fourth-order valence-electron chi connectivity index (χ4n) is 2.16. The predicted molar refractivity (Wildman–Crippen MR) is 70.5 cm³/mol. The van der Waals surface area contributed by atoms with Crippen molar-refractivity contribution in [3.8, 4) is 11.4 Å². The third-order valence-corrected chi connectivity index (χ3v) is 3.21. The van der Waals surface area contributed by atoms with E-state index >= 15 is 0 Å². The Balaban J connectivity index is 1.75. The van der Waals surface area contributed by atoms with E-state index in [0.29, 0.717) is 5.82 Å². The second-order valence-electron chi connectivity index (χ2n) is 4.53. The van der Waals surface area contributed by atoms with Crippen LogP contribution in [0.3, 0.4) is 0 Å². The third kappa shape index (κ3) is 2.64. The first-order valence-corrected chi connectivity index (χ1v) is 6.49. The number of carbonyl (C=O) groups is 1. The number of aromatic nitrogens is 5. The minimum Gasteiger partial charge on any atom is -0.339 e. The van der Waals surface area contributed by atoms with Gasteiger partial charge in [-0.1, -0.05) is 0 Å². The highest BCUT2D eigenvalue weighted by Crippen LogP contribution is 2.13. The van der Waals surface area contributed by atoms with Gasteiger partial charge in [-0.15, -0.1) is 5.10 Å². The summed E-state index contributed by atoms with van der Waals surface area (Å²) < 4.78 is 1.52. The summed E-state index contributed by atoms with van der Waals surface area (Å²) in [6, 6.07) is 3.68. The SMILES string of the molecule is O=C(Cn1nnnc1-c1cccnc1)N1CCNCC1. The smallest absolute Gasteiger partial charge is 0.244 e. The van der Waals surface area contributed by atoms with Crippen LogP contribution in [0.2, 0.25) is 0 Å². The van der Waals surface area contributed by atoms with Gasteiger partial charge in [-0.3, -0.25) is 9.78 Å². The van der Waals surface area contributed by atoms with E-state index in [1.165, 1.54) is 4.68 Å². The van der Waals surface area contributed by atoms with Crippen LogP contribution in [0.15, 0.2) is 24.5 Å². The molecule has 8 heteroatoms. The lowest BCUT2D eigenvalue weighted by Gasteiger charge is -2.27. The van der Waals surface area contributed by atoms with Crippen LogP contribution in [-0.2, 0) is 11.3 Å². The van der Waals surface area contributed by atoms with Crippen molar-refractivity contribution in [1.29, 1.82) is 0 Å². The van der Waals surface area contributed by atoms with Gasteiger partial charge in [0.15, 0.2) is 5.82 Å². The fraction of sp³-hybridized carbons (Fsp3) is 0.417. The topological polar surface area (TPSA) is 88.8 Å². The maximum atomic E-state index is 12.2. The Morgan fingerprint density at radius 3 is 2.95 bits per heavy atom. The molecule has 0 aromatic carbocycles. The van der Waals surface area contributed by atoms with Crippen LogP contribution in [0.4, 0.5) is 0 Å². The zero-order valence-electron chi connectivity index (χ0n) is 10.9. The molecule has 1 aliphatic heterocycles. The monoisotopic (exact) mass is 273 g/mol. The largest absolute Gasteiger partial charge is 0.339 e. The van der Waals surface area contributed by atoms with E-state index in [4.69, 9.17) is 0 Å². The molecule has 0 spiro atoms. The normalized spacial score (nSPS) is 15.3. The Kier molecular flexibility index (Phi) is 3.64. The summed E-state index contributed by atoms with van der Waals surface area (Å²) in [5.74, 6) is 0.588. The summed E-state index contributed by atoms with van der Waals surface area (Å²) in [5.41, 5.74) is 0.797. The molecule has 1 saturated heterocycles. The van der Waals surface area contributed by atoms with Crippen LogP contribution < -0.4 is 5.32 Å². The molecular weight excluding hydrogens is 258 g/mol. The maximum Gasteiger partial charge on any atom is 0.244 e. The fourth-order valence-corrected chi connectivity index (χ4v) is 2.16. The average Bonchev–Trinajstić information content (AvgIpc) is 2.97. The number of hydrogen-bond donors (Lipinski definition) is 1. The number of amides is 1. The molecule has 1 amide bonds. The van der Waals surface area contributed by atoms with E-state index in [0.717, 1.165) is 31.7 Å². The van der Waals surface area contributed by atoms with Gasteiger partial charge < -0.3 is 10.2 Å². The summed E-state index contributed by atoms with van der Waals surface area (Å²) in [5, 5.41) is 14.7. The standard InChI is InChI=1S/C12H15N7O/c20-11(18-6-4-13-5-7-18)9-19-12(15-16-17-19)10-2-1-3-14-8-10/h1-3,8,13H,4-7,9H2.